The topological polar surface area (TPSA) is 204 Å². The largest absolute Gasteiger partial charge is 0.508 e. The highest BCUT2D eigenvalue weighted by Crippen LogP contribution is 2.57. The van der Waals surface area contributed by atoms with Crippen LogP contribution in [0.3, 0.4) is 0 Å². The lowest BCUT2D eigenvalue weighted by Gasteiger charge is -2.51. The normalized spacial score (nSPS) is 34.9. The van der Waals surface area contributed by atoms with Gasteiger partial charge in [-0.05, 0) is 25.5 Å². The van der Waals surface area contributed by atoms with Gasteiger partial charge in [0.1, 0.15) is 22.8 Å². The number of rotatable bonds is 1. The fraction of sp³-hybridized carbons (Fsp3) is 0.350. The zero-order chi connectivity index (χ0) is 23.2. The molecule has 11 heteroatoms. The summed E-state index contributed by atoms with van der Waals surface area (Å²) in [6.45, 7) is 1.30. The first-order valence-corrected chi connectivity index (χ1v) is 9.63. The Morgan fingerprint density at radius 2 is 1.81 bits per heavy atom. The zero-order valence-corrected chi connectivity index (χ0v) is 16.8. The van der Waals surface area contributed by atoms with Crippen molar-refractivity contribution in [3.8, 4) is 5.75 Å². The van der Waals surface area contributed by atoms with Crippen molar-refractivity contribution in [3.63, 3.8) is 0 Å². The van der Waals surface area contributed by atoms with Crippen molar-refractivity contribution in [3.05, 3.63) is 45.2 Å². The van der Waals surface area contributed by atoms with Crippen LogP contribution >= 0.6 is 11.6 Å². The van der Waals surface area contributed by atoms with Gasteiger partial charge in [-0.25, -0.2) is 0 Å². The minimum atomic E-state index is -2.85. The fourth-order valence-corrected chi connectivity index (χ4v) is 5.40. The number of nitrogens with two attached hydrogens (primary N) is 2. The maximum absolute atomic E-state index is 13.4. The number of aromatic hydroxyl groups is 1. The van der Waals surface area contributed by atoms with E-state index in [0.717, 1.165) is 6.07 Å². The van der Waals surface area contributed by atoms with Gasteiger partial charge >= 0.3 is 0 Å². The summed E-state index contributed by atoms with van der Waals surface area (Å²) in [5.74, 6) is -8.89. The molecule has 0 aromatic heterocycles. The van der Waals surface area contributed by atoms with Crippen molar-refractivity contribution in [1.82, 2.24) is 0 Å². The van der Waals surface area contributed by atoms with Gasteiger partial charge in [0.15, 0.2) is 11.4 Å². The number of fused-ring (bicyclic) bond motifs is 3. The summed E-state index contributed by atoms with van der Waals surface area (Å²) in [4.78, 5) is 37.7. The van der Waals surface area contributed by atoms with Gasteiger partial charge in [0.05, 0.1) is 17.2 Å². The molecule has 10 nitrogen and oxygen atoms in total. The number of Topliss-reactive ketones (excluding diaryl/α,β-unsaturated/α-hetero) is 2. The van der Waals surface area contributed by atoms with E-state index in [1.165, 1.54) is 13.0 Å². The smallest absolute Gasteiger partial charge is 0.255 e. The van der Waals surface area contributed by atoms with E-state index in [4.69, 9.17) is 23.1 Å². The second kappa shape index (κ2) is 6.30. The van der Waals surface area contributed by atoms with E-state index in [-0.39, 0.29) is 22.6 Å². The molecule has 1 aromatic rings. The number of amides is 1. The number of phenols is 1. The van der Waals surface area contributed by atoms with Gasteiger partial charge in [-0.3, -0.25) is 14.4 Å². The van der Waals surface area contributed by atoms with Crippen LogP contribution < -0.4 is 11.5 Å². The summed E-state index contributed by atoms with van der Waals surface area (Å²) in [6.07, 6.45) is -0.344. The molecule has 1 aromatic carbocycles. The molecule has 0 spiro atoms. The van der Waals surface area contributed by atoms with Crippen molar-refractivity contribution in [2.75, 3.05) is 0 Å². The first-order chi connectivity index (χ1) is 14.3. The Morgan fingerprint density at radius 3 is 2.39 bits per heavy atom. The first kappa shape index (κ1) is 21.3. The van der Waals surface area contributed by atoms with Gasteiger partial charge in [-0.2, -0.15) is 0 Å². The van der Waals surface area contributed by atoms with E-state index in [2.05, 4.69) is 0 Å². The van der Waals surface area contributed by atoms with Gasteiger partial charge < -0.3 is 37.0 Å². The molecule has 0 heterocycles. The van der Waals surface area contributed by atoms with Crippen LogP contribution in [0.25, 0.3) is 5.76 Å². The minimum absolute atomic E-state index is 0.000499. The average molecular weight is 451 g/mol. The molecule has 31 heavy (non-hydrogen) atoms. The highest BCUT2D eigenvalue weighted by molar-refractivity contribution is 6.32. The molecule has 0 radical (unpaired) electrons. The third kappa shape index (κ3) is 2.41. The van der Waals surface area contributed by atoms with E-state index in [9.17, 15) is 39.9 Å². The van der Waals surface area contributed by atoms with Crippen LogP contribution in [0.15, 0.2) is 29.0 Å². The third-order valence-corrected chi connectivity index (χ3v) is 6.92. The zero-order valence-electron chi connectivity index (χ0n) is 16.1. The van der Waals surface area contributed by atoms with E-state index in [0.29, 0.717) is 0 Å². The van der Waals surface area contributed by atoms with Crippen molar-refractivity contribution in [2.45, 2.75) is 30.6 Å². The summed E-state index contributed by atoms with van der Waals surface area (Å²) in [5, 5.41) is 54.3. The standard InChI is InChI=1S/C20H19ClN2O8/c1-19(30)5-4-6-13(22)15(26)11(18(23)29)17(28)20(6,31)16(27)9(5)14(25)10-8(24)3-2-7(21)12(10)19/h2-3,5-6,13,24-25,28,30-31H,4,22H2,1H3,(H2,23,29)/t5-,6-,13-,19-,20-/m0/s1. The number of aliphatic hydroxyl groups excluding tert-OH is 2. The average Bonchev–Trinajstić information content (AvgIpc) is 2.67. The Bertz CT molecular complexity index is 1150. The van der Waals surface area contributed by atoms with Crippen LogP contribution in [0.1, 0.15) is 24.5 Å². The molecular weight excluding hydrogens is 432 g/mol. The molecule has 4 rings (SSSR count). The van der Waals surface area contributed by atoms with Gasteiger partial charge in [-0.1, -0.05) is 11.6 Å². The molecule has 3 aliphatic carbocycles. The third-order valence-electron chi connectivity index (χ3n) is 6.60. The fourth-order valence-electron chi connectivity index (χ4n) is 5.05. The molecule has 5 atom stereocenters. The maximum atomic E-state index is 13.4. The number of carbonyl (C=O) groups excluding carboxylic acids is 3. The Labute approximate surface area is 180 Å². The van der Waals surface area contributed by atoms with E-state index < -0.39 is 75.0 Å². The van der Waals surface area contributed by atoms with Gasteiger partial charge in [0.2, 0.25) is 5.78 Å². The van der Waals surface area contributed by atoms with E-state index in [1.54, 1.807) is 0 Å². The summed E-state index contributed by atoms with van der Waals surface area (Å²) < 4.78 is 0. The van der Waals surface area contributed by atoms with Crippen LogP contribution in [-0.4, -0.2) is 54.6 Å². The lowest BCUT2D eigenvalue weighted by molar-refractivity contribution is -0.154. The van der Waals surface area contributed by atoms with Gasteiger partial charge in [-0.15, -0.1) is 0 Å². The number of ketones is 2. The second-order valence-corrected chi connectivity index (χ2v) is 8.60. The molecule has 0 unspecified atom stereocenters. The number of primary amides is 1. The number of phenolic OH excluding ortho intramolecular Hbond substituents is 1. The summed E-state index contributed by atoms with van der Waals surface area (Å²) >= 11 is 6.21. The van der Waals surface area contributed by atoms with E-state index >= 15 is 0 Å². The highest BCUT2D eigenvalue weighted by atomic mass is 35.5. The molecule has 3 aliphatic rings. The molecule has 1 amide bonds. The number of benzene rings is 1. The van der Waals surface area contributed by atoms with Crippen molar-refractivity contribution >= 4 is 34.8 Å². The predicted molar refractivity (Wildman–Crippen MR) is 106 cm³/mol. The van der Waals surface area contributed by atoms with Crippen molar-refractivity contribution < 1.29 is 39.9 Å². The SMILES string of the molecule is C[C@@]1(O)c2c(Cl)ccc(O)c2C(O)=C2C(=O)[C@]3(O)C(O)=C(C(N)=O)C(=O)[C@@H](N)[C@@H]3C[C@@H]21. The van der Waals surface area contributed by atoms with Crippen LogP contribution in [0, 0.1) is 11.8 Å². The molecule has 0 aliphatic heterocycles. The molecule has 9 N–H and O–H groups in total. The molecule has 0 bridgehead atoms. The number of hydrogen-bond donors (Lipinski definition) is 7. The molecule has 1 fully saturated rings. The molecular formula is C20H19ClN2O8. The summed E-state index contributed by atoms with van der Waals surface area (Å²) in [7, 11) is 0. The second-order valence-electron chi connectivity index (χ2n) is 8.19. The summed E-state index contributed by atoms with van der Waals surface area (Å²) in [6, 6.07) is 0.845. The molecule has 0 saturated heterocycles. The van der Waals surface area contributed by atoms with Crippen LogP contribution in [0.5, 0.6) is 5.75 Å². The van der Waals surface area contributed by atoms with Crippen molar-refractivity contribution in [1.29, 1.82) is 0 Å². The lowest BCUT2D eigenvalue weighted by atomic mass is 9.55. The van der Waals surface area contributed by atoms with Gasteiger partial charge in [0.25, 0.3) is 5.91 Å². The molecule has 1 saturated carbocycles. The number of hydrogen-bond acceptors (Lipinski definition) is 9. The number of aliphatic hydroxyl groups is 4. The Kier molecular flexibility index (Phi) is 4.33. The monoisotopic (exact) mass is 450 g/mol. The van der Waals surface area contributed by atoms with Crippen LogP contribution in [-0.2, 0) is 20.0 Å². The minimum Gasteiger partial charge on any atom is -0.508 e. The Balaban J connectivity index is 2.06. The maximum Gasteiger partial charge on any atom is 0.255 e. The highest BCUT2D eigenvalue weighted by Gasteiger charge is 2.65. The Hall–Kier alpha value is -2.92. The number of carbonyl (C=O) groups is 3. The predicted octanol–water partition coefficient (Wildman–Crippen LogP) is -0.321. The molecule has 164 valence electrons. The van der Waals surface area contributed by atoms with Crippen molar-refractivity contribution in [2.24, 2.45) is 23.3 Å². The van der Waals surface area contributed by atoms with E-state index in [1.807, 2.05) is 0 Å². The quantitative estimate of drug-likeness (QED) is 0.279. The number of halogens is 1. The lowest BCUT2D eigenvalue weighted by Crippen LogP contribution is -2.66. The summed E-state index contributed by atoms with van der Waals surface area (Å²) in [5.41, 5.74) is 4.40. The van der Waals surface area contributed by atoms with Crippen LogP contribution in [0.4, 0.5) is 0 Å². The van der Waals surface area contributed by atoms with Gasteiger partial charge in [0, 0.05) is 28.0 Å². The Morgan fingerprint density at radius 1 is 1.19 bits per heavy atom. The van der Waals surface area contributed by atoms with Crippen LogP contribution in [0.2, 0.25) is 5.02 Å². The first-order valence-electron chi connectivity index (χ1n) is 9.26.